The molecule has 6 heteroatoms. The molecular formula is C30H36FNO4. The maximum absolute atomic E-state index is 13.9. The minimum absolute atomic E-state index is 0.131. The summed E-state index contributed by atoms with van der Waals surface area (Å²) >= 11 is 0. The number of carboxylic acids is 1. The lowest BCUT2D eigenvalue weighted by Crippen LogP contribution is -2.46. The number of aliphatic hydroxyl groups excluding tert-OH is 1. The molecule has 3 aromatic rings. The second kappa shape index (κ2) is 11.8. The molecule has 3 N–H and O–H groups in total. The van der Waals surface area contributed by atoms with E-state index in [-0.39, 0.29) is 29.6 Å². The van der Waals surface area contributed by atoms with E-state index in [1.165, 1.54) is 0 Å². The molecule has 0 saturated heterocycles. The van der Waals surface area contributed by atoms with E-state index < -0.39 is 12.1 Å². The van der Waals surface area contributed by atoms with Crippen LogP contribution in [0.15, 0.2) is 60.7 Å². The number of rotatable bonds is 11. The molecule has 3 rings (SSSR count). The van der Waals surface area contributed by atoms with Gasteiger partial charge in [-0.2, -0.15) is 0 Å². The van der Waals surface area contributed by atoms with Crippen LogP contribution in [0.1, 0.15) is 59.5 Å². The van der Waals surface area contributed by atoms with Gasteiger partial charge < -0.3 is 20.3 Å². The minimum Gasteiger partial charge on any atom is -0.478 e. The molecule has 0 saturated carbocycles. The summed E-state index contributed by atoms with van der Waals surface area (Å²) in [6.07, 6.45) is -0.421. The molecule has 0 amide bonds. The molecule has 5 nitrogen and oxygen atoms in total. The summed E-state index contributed by atoms with van der Waals surface area (Å²) < 4.78 is 19.9. The topological polar surface area (TPSA) is 78.8 Å². The van der Waals surface area contributed by atoms with E-state index in [9.17, 15) is 19.4 Å². The van der Waals surface area contributed by atoms with Crippen LogP contribution < -0.4 is 5.32 Å². The molecule has 1 unspecified atom stereocenters. The van der Waals surface area contributed by atoms with Crippen molar-refractivity contribution < 1.29 is 24.1 Å². The number of aryl methyl sites for hydroxylation is 2. The van der Waals surface area contributed by atoms with E-state index in [0.717, 1.165) is 27.8 Å². The molecule has 0 aliphatic heterocycles. The molecule has 0 aromatic heterocycles. The van der Waals surface area contributed by atoms with Crippen LogP contribution in [0, 0.1) is 19.7 Å². The third kappa shape index (κ3) is 7.47. The predicted molar refractivity (Wildman–Crippen MR) is 141 cm³/mol. The summed E-state index contributed by atoms with van der Waals surface area (Å²) in [6.45, 7) is 10.0. The van der Waals surface area contributed by atoms with Gasteiger partial charge in [-0.1, -0.05) is 42.5 Å². The minimum atomic E-state index is -0.965. The Labute approximate surface area is 213 Å². The summed E-state index contributed by atoms with van der Waals surface area (Å²) in [6, 6.07) is 18.3. The average molecular weight is 494 g/mol. The monoisotopic (exact) mass is 493 g/mol. The Hall–Kier alpha value is -3.06. The maximum atomic E-state index is 13.9. The Balaban J connectivity index is 1.60. The number of ether oxygens (including phenoxy) is 1. The van der Waals surface area contributed by atoms with Crippen LogP contribution in [0.2, 0.25) is 0 Å². The number of aromatic carboxylic acids is 1. The summed E-state index contributed by atoms with van der Waals surface area (Å²) in [7, 11) is 0. The van der Waals surface area contributed by atoms with Gasteiger partial charge in [-0.3, -0.25) is 0 Å². The number of carbonyl (C=O) groups is 1. The first-order chi connectivity index (χ1) is 16.9. The van der Waals surface area contributed by atoms with E-state index >= 15 is 0 Å². The fraction of sp³-hybridized carbons (Fsp3) is 0.367. The predicted octanol–water partition coefficient (Wildman–Crippen LogP) is 5.86. The highest BCUT2D eigenvalue weighted by atomic mass is 19.1. The van der Waals surface area contributed by atoms with Gasteiger partial charge in [0.25, 0.3) is 0 Å². The first-order valence-corrected chi connectivity index (χ1v) is 12.2. The lowest BCUT2D eigenvalue weighted by atomic mass is 9.94. The molecule has 0 radical (unpaired) electrons. The van der Waals surface area contributed by atoms with Crippen molar-refractivity contribution in [3.05, 3.63) is 94.3 Å². The van der Waals surface area contributed by atoms with Crippen LogP contribution in [-0.4, -0.2) is 41.0 Å². The van der Waals surface area contributed by atoms with Crippen LogP contribution >= 0.6 is 0 Å². The lowest BCUT2D eigenvalue weighted by Gasteiger charge is -2.28. The van der Waals surface area contributed by atoms with Gasteiger partial charge in [0.1, 0.15) is 5.82 Å². The van der Waals surface area contributed by atoms with Crippen molar-refractivity contribution in [2.24, 2.45) is 0 Å². The molecule has 0 heterocycles. The van der Waals surface area contributed by atoms with Gasteiger partial charge in [-0.25, -0.2) is 9.18 Å². The number of hydrogen-bond donors (Lipinski definition) is 3. The quantitative estimate of drug-likeness (QED) is 0.312. The van der Waals surface area contributed by atoms with E-state index in [2.05, 4.69) is 5.32 Å². The summed E-state index contributed by atoms with van der Waals surface area (Å²) in [4.78, 5) is 11.5. The van der Waals surface area contributed by atoms with E-state index in [4.69, 9.17) is 4.74 Å². The third-order valence-corrected chi connectivity index (χ3v) is 6.27. The van der Waals surface area contributed by atoms with Gasteiger partial charge in [0.05, 0.1) is 24.4 Å². The molecule has 36 heavy (non-hydrogen) atoms. The van der Waals surface area contributed by atoms with Gasteiger partial charge in [0.15, 0.2) is 0 Å². The van der Waals surface area contributed by atoms with Crippen molar-refractivity contribution in [2.45, 2.75) is 58.8 Å². The first-order valence-electron chi connectivity index (χ1n) is 12.2. The summed E-state index contributed by atoms with van der Waals surface area (Å²) in [5, 5.41) is 23.4. The molecular weight excluding hydrogens is 457 g/mol. The first kappa shape index (κ1) is 27.5. The molecule has 2 atom stereocenters. The van der Waals surface area contributed by atoms with Crippen molar-refractivity contribution in [2.75, 3.05) is 13.2 Å². The zero-order valence-electron chi connectivity index (χ0n) is 21.6. The second-order valence-electron chi connectivity index (χ2n) is 10.1. The van der Waals surface area contributed by atoms with Gasteiger partial charge >= 0.3 is 5.97 Å². The normalized spacial score (nSPS) is 13.4. The summed E-state index contributed by atoms with van der Waals surface area (Å²) in [5.41, 5.74) is 4.92. The number of carboxylic acid groups (broad SMARTS) is 1. The number of hydrogen-bond acceptors (Lipinski definition) is 4. The van der Waals surface area contributed by atoms with Crippen LogP contribution in [0.4, 0.5) is 4.39 Å². The molecule has 0 fully saturated rings. The van der Waals surface area contributed by atoms with Gasteiger partial charge in [0, 0.05) is 12.1 Å². The Kier molecular flexibility index (Phi) is 9.01. The van der Waals surface area contributed by atoms with Crippen molar-refractivity contribution >= 4 is 5.97 Å². The van der Waals surface area contributed by atoms with Crippen LogP contribution in [0.25, 0.3) is 11.1 Å². The SMILES string of the molecule is Cc1cc(C(=O)O)cc(-c2ccccc2C(C)OC[C@H](O)CNC(C)(C)Cc2ccc(C)c(F)c2)c1. The largest absolute Gasteiger partial charge is 0.478 e. The number of β-amino-alcohol motifs (C(OH)–C–C–N with tert-alkyl or cyclic N) is 1. The number of halogens is 1. The van der Waals surface area contributed by atoms with Crippen LogP contribution in [0.5, 0.6) is 0 Å². The fourth-order valence-electron chi connectivity index (χ4n) is 4.29. The summed E-state index contributed by atoms with van der Waals surface area (Å²) in [5.74, 6) is -1.18. The van der Waals surface area contributed by atoms with Crippen molar-refractivity contribution in [3.8, 4) is 11.1 Å². The number of nitrogens with one attached hydrogen (secondary N) is 1. The Morgan fingerprint density at radius 1 is 1.08 bits per heavy atom. The standard InChI is InChI=1S/C30H36FNO4/c1-19-12-23(15-24(13-19)29(34)35)27-9-7-6-8-26(27)21(3)36-18-25(33)17-32-30(4,5)16-22-11-10-20(2)28(31)14-22/h6-15,21,25,32-33H,16-18H2,1-5H3,(H,34,35)/t21?,25-/m1/s1. The highest BCUT2D eigenvalue weighted by Crippen LogP contribution is 2.31. The van der Waals surface area contributed by atoms with Crippen molar-refractivity contribution in [1.82, 2.24) is 5.32 Å². The third-order valence-electron chi connectivity index (χ3n) is 6.27. The molecule has 0 bridgehead atoms. The van der Waals surface area contributed by atoms with E-state index in [0.29, 0.717) is 18.5 Å². The molecule has 0 spiro atoms. The van der Waals surface area contributed by atoms with E-state index in [1.54, 1.807) is 31.2 Å². The maximum Gasteiger partial charge on any atom is 0.335 e. The van der Waals surface area contributed by atoms with Crippen LogP contribution in [-0.2, 0) is 11.2 Å². The van der Waals surface area contributed by atoms with Gasteiger partial charge in [0.2, 0.25) is 0 Å². The number of benzene rings is 3. The Morgan fingerprint density at radius 3 is 2.50 bits per heavy atom. The number of aliphatic hydroxyl groups is 1. The van der Waals surface area contributed by atoms with Gasteiger partial charge in [-0.05, 0) is 92.6 Å². The second-order valence-corrected chi connectivity index (χ2v) is 10.1. The lowest BCUT2D eigenvalue weighted by molar-refractivity contribution is -0.00397. The van der Waals surface area contributed by atoms with E-state index in [1.807, 2.05) is 64.1 Å². The Morgan fingerprint density at radius 2 is 1.81 bits per heavy atom. The zero-order chi connectivity index (χ0) is 26.5. The van der Waals surface area contributed by atoms with Crippen molar-refractivity contribution in [1.29, 1.82) is 0 Å². The molecule has 192 valence electrons. The molecule has 0 aliphatic carbocycles. The van der Waals surface area contributed by atoms with Gasteiger partial charge in [-0.15, -0.1) is 0 Å². The molecule has 3 aromatic carbocycles. The highest BCUT2D eigenvalue weighted by Gasteiger charge is 2.21. The fourth-order valence-corrected chi connectivity index (χ4v) is 4.29. The smallest absolute Gasteiger partial charge is 0.335 e. The highest BCUT2D eigenvalue weighted by molar-refractivity contribution is 5.90. The average Bonchev–Trinajstić information content (AvgIpc) is 2.83. The van der Waals surface area contributed by atoms with Crippen molar-refractivity contribution in [3.63, 3.8) is 0 Å². The van der Waals surface area contributed by atoms with Crippen LogP contribution in [0.3, 0.4) is 0 Å². The molecule has 0 aliphatic rings. The Bertz CT molecular complexity index is 1210. The zero-order valence-corrected chi connectivity index (χ0v) is 21.6.